The minimum Gasteiger partial charge on any atom is -0.341 e. The number of likely N-dealkylation sites (tertiary alicyclic amines) is 1. The Labute approximate surface area is 164 Å². The summed E-state index contributed by atoms with van der Waals surface area (Å²) < 4.78 is 1.74. The number of benzene rings is 1. The van der Waals surface area contributed by atoms with Gasteiger partial charge in [0.05, 0.1) is 0 Å². The summed E-state index contributed by atoms with van der Waals surface area (Å²) in [7, 11) is 0. The quantitative estimate of drug-likeness (QED) is 0.688. The number of rotatable bonds is 2. The van der Waals surface area contributed by atoms with Crippen LogP contribution in [0.5, 0.6) is 0 Å². The predicted molar refractivity (Wildman–Crippen MR) is 107 cm³/mol. The molecular weight excluding hydrogens is 352 g/mol. The summed E-state index contributed by atoms with van der Waals surface area (Å²) in [6.07, 6.45) is 2.99. The van der Waals surface area contributed by atoms with Crippen molar-refractivity contribution < 1.29 is 4.79 Å². The zero-order valence-corrected chi connectivity index (χ0v) is 16.2. The van der Waals surface area contributed by atoms with Crippen LogP contribution in [0.1, 0.15) is 31.2 Å². The second-order valence-electron chi connectivity index (χ2n) is 7.96. The fourth-order valence-electron chi connectivity index (χ4n) is 4.48. The lowest BCUT2D eigenvalue weighted by atomic mass is 9.99. The molecule has 1 amide bonds. The summed E-state index contributed by atoms with van der Waals surface area (Å²) in [4.78, 5) is 17.6. The van der Waals surface area contributed by atoms with Crippen molar-refractivity contribution in [1.29, 1.82) is 0 Å². The monoisotopic (exact) mass is 376 g/mol. The van der Waals surface area contributed by atoms with E-state index in [1.165, 1.54) is 12.0 Å². The molecule has 1 fully saturated rings. The van der Waals surface area contributed by atoms with Gasteiger partial charge in [-0.2, -0.15) is 4.52 Å². The molecule has 2 atom stereocenters. The van der Waals surface area contributed by atoms with Crippen LogP contribution >= 0.6 is 0 Å². The molecule has 0 N–H and O–H groups in total. The van der Waals surface area contributed by atoms with E-state index in [0.717, 1.165) is 36.8 Å². The summed E-state index contributed by atoms with van der Waals surface area (Å²) in [6, 6.07) is 11.8. The van der Waals surface area contributed by atoms with Crippen molar-refractivity contribution in [2.45, 2.75) is 39.2 Å². The van der Waals surface area contributed by atoms with Gasteiger partial charge in [-0.05, 0) is 49.4 Å². The first kappa shape index (κ1) is 17.2. The Bertz CT molecular complexity index is 1040. The fraction of sp³-hybridized carbons (Fsp3) is 0.429. The van der Waals surface area contributed by atoms with Crippen molar-refractivity contribution in [2.75, 3.05) is 18.0 Å². The Kier molecular flexibility index (Phi) is 4.03. The maximum Gasteiger partial charge on any atom is 0.246 e. The molecule has 2 aromatic heterocycles. The van der Waals surface area contributed by atoms with Crippen LogP contribution in [0, 0.1) is 12.8 Å². The molecule has 0 saturated carbocycles. The van der Waals surface area contributed by atoms with Crippen LogP contribution in [0.15, 0.2) is 36.4 Å². The average molecular weight is 376 g/mol. The molecule has 5 rings (SSSR count). The van der Waals surface area contributed by atoms with Gasteiger partial charge in [-0.25, -0.2) is 0 Å². The normalized spacial score (nSPS) is 21.9. The number of hydrogen-bond donors (Lipinski definition) is 0. The first-order valence-corrected chi connectivity index (χ1v) is 9.97. The highest BCUT2D eigenvalue weighted by Crippen LogP contribution is 2.38. The van der Waals surface area contributed by atoms with Crippen molar-refractivity contribution >= 4 is 23.1 Å². The Balaban J connectivity index is 1.56. The number of carbonyl (C=O) groups excluding carboxylic acids is 1. The van der Waals surface area contributed by atoms with Gasteiger partial charge in [0, 0.05) is 25.2 Å². The highest BCUT2D eigenvalue weighted by molar-refractivity contribution is 5.91. The SMILES string of the molecule is Cc1nnc2ccc(N3c4ccccc4C[C@H]3C(=O)N3CCC[C@H](C)C3)nn12. The molecule has 28 heavy (non-hydrogen) atoms. The van der Waals surface area contributed by atoms with Crippen LogP contribution in [0.3, 0.4) is 0 Å². The molecule has 0 unspecified atom stereocenters. The van der Waals surface area contributed by atoms with Gasteiger partial charge >= 0.3 is 0 Å². The van der Waals surface area contributed by atoms with Crippen molar-refractivity contribution in [1.82, 2.24) is 24.7 Å². The molecule has 4 heterocycles. The zero-order chi connectivity index (χ0) is 19.3. The van der Waals surface area contributed by atoms with E-state index < -0.39 is 0 Å². The Morgan fingerprint density at radius 2 is 2.00 bits per heavy atom. The van der Waals surface area contributed by atoms with Crippen LogP contribution in [0.2, 0.25) is 0 Å². The van der Waals surface area contributed by atoms with E-state index in [0.29, 0.717) is 18.0 Å². The van der Waals surface area contributed by atoms with E-state index in [1.54, 1.807) is 4.52 Å². The Morgan fingerprint density at radius 1 is 1.14 bits per heavy atom. The van der Waals surface area contributed by atoms with E-state index in [4.69, 9.17) is 5.10 Å². The topological polar surface area (TPSA) is 66.6 Å². The standard InChI is InChI=1S/C21H24N6O/c1-14-6-5-11-25(13-14)21(28)18-12-16-7-3-4-8-17(16)26(18)20-10-9-19-23-22-15(2)27(19)24-20/h3-4,7-10,14,18H,5-6,11-13H2,1-2H3/t14-,18-/m0/s1. The number of amides is 1. The maximum absolute atomic E-state index is 13.5. The van der Waals surface area contributed by atoms with E-state index in [1.807, 2.05) is 36.1 Å². The number of aryl methyl sites for hydroxylation is 1. The molecule has 7 nitrogen and oxygen atoms in total. The van der Waals surface area contributed by atoms with Gasteiger partial charge in [0.2, 0.25) is 5.91 Å². The van der Waals surface area contributed by atoms with Gasteiger partial charge < -0.3 is 9.80 Å². The smallest absolute Gasteiger partial charge is 0.246 e. The lowest BCUT2D eigenvalue weighted by Crippen LogP contribution is -2.49. The van der Waals surface area contributed by atoms with Crippen LogP contribution in [0.4, 0.5) is 11.5 Å². The van der Waals surface area contributed by atoms with Gasteiger partial charge in [-0.1, -0.05) is 25.1 Å². The molecule has 0 radical (unpaired) electrons. The number of para-hydroxylation sites is 1. The minimum absolute atomic E-state index is 0.199. The summed E-state index contributed by atoms with van der Waals surface area (Å²) in [5.74, 6) is 2.25. The molecular formula is C21H24N6O. The molecule has 0 spiro atoms. The summed E-state index contributed by atoms with van der Waals surface area (Å²) in [5.41, 5.74) is 2.96. The lowest BCUT2D eigenvalue weighted by molar-refractivity contribution is -0.134. The molecule has 0 bridgehead atoms. The van der Waals surface area contributed by atoms with E-state index >= 15 is 0 Å². The van der Waals surface area contributed by atoms with Crippen molar-refractivity contribution in [3.8, 4) is 0 Å². The van der Waals surface area contributed by atoms with Crippen molar-refractivity contribution in [3.63, 3.8) is 0 Å². The third-order valence-corrected chi connectivity index (χ3v) is 5.88. The van der Waals surface area contributed by atoms with Crippen LogP contribution in [0.25, 0.3) is 5.65 Å². The van der Waals surface area contributed by atoms with Gasteiger partial charge in [-0.15, -0.1) is 15.3 Å². The molecule has 3 aromatic rings. The third-order valence-electron chi connectivity index (χ3n) is 5.88. The van der Waals surface area contributed by atoms with Crippen molar-refractivity contribution in [2.24, 2.45) is 5.92 Å². The summed E-state index contributed by atoms with van der Waals surface area (Å²) >= 11 is 0. The minimum atomic E-state index is -0.260. The number of aromatic nitrogens is 4. The number of carbonyl (C=O) groups is 1. The van der Waals surface area contributed by atoms with Gasteiger partial charge in [0.25, 0.3) is 0 Å². The molecule has 7 heteroatoms. The fourth-order valence-corrected chi connectivity index (χ4v) is 4.48. The van der Waals surface area contributed by atoms with Crippen LogP contribution in [-0.2, 0) is 11.2 Å². The number of nitrogens with zero attached hydrogens (tertiary/aromatic N) is 6. The lowest BCUT2D eigenvalue weighted by Gasteiger charge is -2.35. The molecule has 0 aliphatic carbocycles. The number of fused-ring (bicyclic) bond motifs is 2. The molecule has 2 aliphatic heterocycles. The van der Waals surface area contributed by atoms with Gasteiger partial charge in [0.15, 0.2) is 17.3 Å². The average Bonchev–Trinajstić information content (AvgIpc) is 3.28. The Morgan fingerprint density at radius 3 is 2.86 bits per heavy atom. The third kappa shape index (κ3) is 2.73. The van der Waals surface area contributed by atoms with Gasteiger partial charge in [-0.3, -0.25) is 4.79 Å². The molecule has 2 aliphatic rings. The first-order valence-electron chi connectivity index (χ1n) is 9.97. The number of piperidine rings is 1. The highest BCUT2D eigenvalue weighted by Gasteiger charge is 2.39. The number of anilines is 2. The highest BCUT2D eigenvalue weighted by atomic mass is 16.2. The van der Waals surface area contributed by atoms with Crippen LogP contribution in [-0.4, -0.2) is 49.7 Å². The van der Waals surface area contributed by atoms with Crippen molar-refractivity contribution in [3.05, 3.63) is 47.8 Å². The zero-order valence-electron chi connectivity index (χ0n) is 16.2. The van der Waals surface area contributed by atoms with Gasteiger partial charge in [0.1, 0.15) is 6.04 Å². The first-order chi connectivity index (χ1) is 13.6. The van der Waals surface area contributed by atoms with Crippen LogP contribution < -0.4 is 4.90 Å². The van der Waals surface area contributed by atoms with E-state index in [-0.39, 0.29) is 11.9 Å². The molecule has 1 aromatic carbocycles. The predicted octanol–water partition coefficient (Wildman–Crippen LogP) is 2.75. The summed E-state index contributed by atoms with van der Waals surface area (Å²) in [6.45, 7) is 5.80. The molecule has 1 saturated heterocycles. The second kappa shape index (κ2) is 6.58. The summed E-state index contributed by atoms with van der Waals surface area (Å²) in [5, 5.41) is 13.0. The van der Waals surface area contributed by atoms with E-state index in [9.17, 15) is 4.79 Å². The van der Waals surface area contributed by atoms with E-state index in [2.05, 4.69) is 34.2 Å². The Hall–Kier alpha value is -2.96. The number of hydrogen-bond acceptors (Lipinski definition) is 5. The molecule has 144 valence electrons. The largest absolute Gasteiger partial charge is 0.341 e. The second-order valence-corrected chi connectivity index (χ2v) is 7.96. The maximum atomic E-state index is 13.5.